The first-order chi connectivity index (χ1) is 22.7. The summed E-state index contributed by atoms with van der Waals surface area (Å²) in [5.41, 5.74) is -0.662. The van der Waals surface area contributed by atoms with Crippen molar-refractivity contribution in [1.29, 1.82) is 0 Å². The zero-order valence-electron chi connectivity index (χ0n) is 28.5. The smallest absolute Gasteiger partial charge is 0.264 e. The highest BCUT2D eigenvalue weighted by atomic mass is 35.5. The van der Waals surface area contributed by atoms with Gasteiger partial charge in [-0.05, 0) is 93.4 Å². The van der Waals surface area contributed by atoms with Gasteiger partial charge in [0.15, 0.2) is 0 Å². The van der Waals surface area contributed by atoms with Crippen LogP contribution in [0.4, 0.5) is 5.69 Å². The van der Waals surface area contributed by atoms with Crippen LogP contribution >= 0.6 is 11.6 Å². The van der Waals surface area contributed by atoms with Gasteiger partial charge in [0, 0.05) is 42.7 Å². The maximum Gasteiger partial charge on any atom is 0.264 e. The maximum atomic E-state index is 13.5. The predicted molar refractivity (Wildman–Crippen MR) is 188 cm³/mol. The zero-order valence-corrected chi connectivity index (χ0v) is 30.1. The summed E-state index contributed by atoms with van der Waals surface area (Å²) in [6.45, 7) is 7.90. The van der Waals surface area contributed by atoms with Crippen LogP contribution in [0.25, 0.3) is 0 Å². The van der Waals surface area contributed by atoms with Crippen molar-refractivity contribution in [3.8, 4) is 5.75 Å². The summed E-state index contributed by atoms with van der Waals surface area (Å²) in [6.07, 6.45) is 15.3. The van der Waals surface area contributed by atoms with E-state index in [-0.39, 0.29) is 40.6 Å². The number of rotatable bonds is 1. The minimum absolute atomic E-state index is 0.0503. The molecule has 262 valence electrons. The van der Waals surface area contributed by atoms with Crippen LogP contribution in [0, 0.1) is 35.0 Å². The maximum absolute atomic E-state index is 13.5. The summed E-state index contributed by atoms with van der Waals surface area (Å²) in [5, 5.41) is 12.4. The average molecular weight is 700 g/mol. The number of benzene rings is 1. The third kappa shape index (κ3) is 6.69. The number of allylic oxidation sites excluding steroid dienone is 4. The van der Waals surface area contributed by atoms with Gasteiger partial charge >= 0.3 is 0 Å². The van der Waals surface area contributed by atoms with Gasteiger partial charge in [-0.25, -0.2) is 13.1 Å². The van der Waals surface area contributed by atoms with E-state index in [1.165, 1.54) is 0 Å². The molecule has 1 aromatic rings. The van der Waals surface area contributed by atoms with Crippen LogP contribution in [0.15, 0.2) is 53.6 Å². The van der Waals surface area contributed by atoms with Gasteiger partial charge in [0.2, 0.25) is 15.9 Å². The highest BCUT2D eigenvalue weighted by Crippen LogP contribution is 2.50. The molecule has 2 aliphatic carbocycles. The molecule has 48 heavy (non-hydrogen) atoms. The van der Waals surface area contributed by atoms with Crippen molar-refractivity contribution in [2.24, 2.45) is 35.0 Å². The molecule has 2 bridgehead atoms. The van der Waals surface area contributed by atoms with Crippen molar-refractivity contribution >= 4 is 39.1 Å². The molecule has 0 spiro atoms. The number of nitrogens with one attached hydrogen (secondary N) is 1. The highest BCUT2D eigenvalue weighted by Gasteiger charge is 2.54. The Morgan fingerprint density at radius 1 is 1.06 bits per heavy atom. The van der Waals surface area contributed by atoms with Crippen molar-refractivity contribution in [2.45, 2.75) is 76.6 Å². The van der Waals surface area contributed by atoms with Gasteiger partial charge in [0.25, 0.3) is 5.91 Å². The molecular formula is C37H50ClN3O6S. The molecule has 3 aliphatic heterocycles. The van der Waals surface area contributed by atoms with Crippen LogP contribution < -0.4 is 14.4 Å². The number of fused-ring (bicyclic) bond motifs is 3. The van der Waals surface area contributed by atoms with E-state index in [0.29, 0.717) is 44.8 Å². The van der Waals surface area contributed by atoms with Crippen LogP contribution in [0.1, 0.15) is 76.1 Å². The first-order valence-electron chi connectivity index (χ1n) is 17.5. The number of anilines is 1. The van der Waals surface area contributed by atoms with Gasteiger partial charge in [-0.15, -0.1) is 0 Å². The van der Waals surface area contributed by atoms with E-state index >= 15 is 0 Å². The molecular weight excluding hydrogens is 650 g/mol. The Morgan fingerprint density at radius 3 is 2.56 bits per heavy atom. The molecule has 5 aliphatic rings. The quantitative estimate of drug-likeness (QED) is 0.364. The number of nitrogens with zero attached hydrogens (tertiary/aromatic N) is 2. The second kappa shape index (κ2) is 13.5. The Balaban J connectivity index is 1.42. The van der Waals surface area contributed by atoms with Crippen molar-refractivity contribution in [3.63, 3.8) is 0 Å². The van der Waals surface area contributed by atoms with Crippen molar-refractivity contribution < 1.29 is 27.9 Å². The number of hydrogen-bond donors (Lipinski definition) is 2. The van der Waals surface area contributed by atoms with E-state index in [2.05, 4.69) is 28.7 Å². The number of carbonyl (C=O) groups is 2. The lowest BCUT2D eigenvalue weighted by Gasteiger charge is -2.50. The summed E-state index contributed by atoms with van der Waals surface area (Å²) >= 11 is 6.44. The molecule has 1 saturated heterocycles. The number of ether oxygens (including phenoxy) is 1. The van der Waals surface area contributed by atoms with Gasteiger partial charge in [0.1, 0.15) is 5.75 Å². The zero-order chi connectivity index (χ0) is 34.4. The molecule has 2 fully saturated rings. The monoisotopic (exact) mass is 699 g/mol. The number of carbonyl (C=O) groups excluding carboxylic acids is 2. The summed E-state index contributed by atoms with van der Waals surface area (Å²) in [4.78, 5) is 30.8. The summed E-state index contributed by atoms with van der Waals surface area (Å²) in [7, 11) is -2.24. The molecule has 3 heterocycles. The van der Waals surface area contributed by atoms with Gasteiger partial charge < -0.3 is 19.6 Å². The topological polar surface area (TPSA) is 116 Å². The highest BCUT2D eigenvalue weighted by molar-refractivity contribution is 7.90. The number of likely N-dealkylation sites (tertiary alicyclic amines) is 1. The average Bonchev–Trinajstić information content (AvgIpc) is 3.36. The van der Waals surface area contributed by atoms with E-state index in [1.807, 2.05) is 19.1 Å². The number of amides is 2. The fourth-order valence-corrected chi connectivity index (χ4v) is 9.82. The number of aliphatic hydroxyl groups is 1. The molecule has 1 aromatic carbocycles. The second-order valence-electron chi connectivity index (χ2n) is 15.1. The Morgan fingerprint density at radius 2 is 1.85 bits per heavy atom. The third-order valence-electron chi connectivity index (χ3n) is 12.0. The van der Waals surface area contributed by atoms with E-state index in [9.17, 15) is 23.1 Å². The molecule has 0 radical (unpaired) electrons. The Bertz CT molecular complexity index is 1630. The minimum atomic E-state index is -4.02. The van der Waals surface area contributed by atoms with Gasteiger partial charge in [-0.1, -0.05) is 56.2 Å². The SMILES string of the molecule is C[C@@H]1[C@@H](C)C/C=C/[C@@](O)([C@H]2CCN(C)C2=O)[C@@H]2CC[C@H]2CN2CCCCC3C=C(Cl)C=CC3(C)COc3ccc(cc32)C(=O)NS1(=O)=O. The van der Waals surface area contributed by atoms with Gasteiger partial charge in [0.05, 0.1) is 29.1 Å². The first-order valence-corrected chi connectivity index (χ1v) is 19.4. The third-order valence-corrected chi connectivity index (χ3v) is 14.2. The molecule has 2 N–H and O–H groups in total. The second-order valence-corrected chi connectivity index (χ2v) is 17.6. The van der Waals surface area contributed by atoms with E-state index in [0.717, 1.165) is 42.8 Å². The number of hydrogen-bond acceptors (Lipinski definition) is 7. The molecule has 8 atom stereocenters. The molecule has 0 aromatic heterocycles. The lowest BCUT2D eigenvalue weighted by Crippen LogP contribution is -2.55. The standard InChI is InChI=1S/C37H50ClN3O6S/c1-24-8-7-16-37(44,31-15-19-40(4)35(31)43)30-12-10-27(30)22-41-18-6-5-9-28-21-29(38)14-17-36(28,3)23-47-33-13-11-26(20-32(33)41)34(42)39-48(45,46)25(24)2/h7,11,13-14,16-17,20-21,24-25,27-28,30-31,44H,5-6,8-10,12,15,18-19,22-23H2,1-4H3,(H,39,42)/b16-7+/t24-,25+,27-,28?,30+,31-,36?,37-/m0/s1. The summed E-state index contributed by atoms with van der Waals surface area (Å²) < 4.78 is 35.8. The Labute approximate surface area is 290 Å². The first kappa shape index (κ1) is 35.0. The largest absolute Gasteiger partial charge is 0.490 e. The van der Waals surface area contributed by atoms with Crippen molar-refractivity contribution in [2.75, 3.05) is 38.2 Å². The van der Waals surface area contributed by atoms with Gasteiger partial charge in [-0.3, -0.25) is 9.59 Å². The minimum Gasteiger partial charge on any atom is -0.490 e. The van der Waals surface area contributed by atoms with Gasteiger partial charge in [-0.2, -0.15) is 0 Å². The summed E-state index contributed by atoms with van der Waals surface area (Å²) in [6, 6.07) is 5.15. The van der Waals surface area contributed by atoms with E-state index in [4.69, 9.17) is 16.3 Å². The normalized spacial score (nSPS) is 37.9. The lowest BCUT2D eigenvalue weighted by molar-refractivity contribution is -0.143. The van der Waals surface area contributed by atoms with Crippen LogP contribution in [0.3, 0.4) is 0 Å². The van der Waals surface area contributed by atoms with Crippen molar-refractivity contribution in [3.05, 3.63) is 59.2 Å². The van der Waals surface area contributed by atoms with E-state index < -0.39 is 32.7 Å². The lowest BCUT2D eigenvalue weighted by atomic mass is 9.60. The Hall–Kier alpha value is -2.82. The van der Waals surface area contributed by atoms with Crippen LogP contribution in [0.2, 0.25) is 0 Å². The van der Waals surface area contributed by atoms with Crippen LogP contribution in [-0.2, 0) is 14.8 Å². The van der Waals surface area contributed by atoms with Crippen molar-refractivity contribution in [1.82, 2.24) is 9.62 Å². The van der Waals surface area contributed by atoms with E-state index in [1.54, 1.807) is 43.1 Å². The molecule has 6 rings (SSSR count). The fourth-order valence-electron chi connectivity index (χ4n) is 8.32. The molecule has 9 nitrogen and oxygen atoms in total. The Kier molecular flexibility index (Phi) is 9.83. The number of sulfonamides is 1. The predicted octanol–water partition coefficient (Wildman–Crippen LogP) is 5.65. The molecule has 11 heteroatoms. The van der Waals surface area contributed by atoms with Crippen LogP contribution in [-0.4, -0.2) is 74.4 Å². The number of halogens is 1. The van der Waals surface area contributed by atoms with Crippen LogP contribution in [0.5, 0.6) is 5.75 Å². The molecule has 2 unspecified atom stereocenters. The summed E-state index contributed by atoms with van der Waals surface area (Å²) in [5.74, 6) is -0.840. The molecule has 2 amide bonds. The molecule has 1 saturated carbocycles. The fraction of sp³-hybridized carbons (Fsp3) is 0.622.